The van der Waals surface area contributed by atoms with Gasteiger partial charge in [0.1, 0.15) is 5.82 Å². The van der Waals surface area contributed by atoms with E-state index in [1.54, 1.807) is 12.1 Å². The number of nitrogens with one attached hydrogen (secondary N) is 1. The number of piperidine rings is 1. The van der Waals surface area contributed by atoms with Gasteiger partial charge in [0.15, 0.2) is 0 Å². The molecule has 1 N–H and O–H groups in total. The molecular weight excluding hydrogens is 380 g/mol. The van der Waals surface area contributed by atoms with E-state index in [1.807, 2.05) is 39.8 Å². The molecule has 7 nitrogen and oxygen atoms in total. The third-order valence-electron chi connectivity index (χ3n) is 6.30. The van der Waals surface area contributed by atoms with Crippen LogP contribution in [-0.4, -0.2) is 38.4 Å². The average molecular weight is 404 g/mol. The molecule has 5 rings (SSSR count). The van der Waals surface area contributed by atoms with Gasteiger partial charge in [0.25, 0.3) is 11.1 Å². The second-order valence-corrected chi connectivity index (χ2v) is 8.38. The second-order valence-electron chi connectivity index (χ2n) is 8.38. The predicted molar refractivity (Wildman–Crippen MR) is 113 cm³/mol. The van der Waals surface area contributed by atoms with E-state index in [2.05, 4.69) is 9.97 Å². The molecule has 4 heterocycles. The molecular formula is C23H24N4O3. The van der Waals surface area contributed by atoms with Crippen LogP contribution in [0, 0.1) is 5.92 Å². The maximum Gasteiger partial charge on any atom is 0.258 e. The summed E-state index contributed by atoms with van der Waals surface area (Å²) in [4.78, 5) is 46.5. The number of aromatic amines is 1. The molecule has 1 amide bonds. The van der Waals surface area contributed by atoms with Crippen molar-refractivity contribution >= 4 is 16.8 Å². The zero-order valence-corrected chi connectivity index (χ0v) is 16.7. The number of hydrogen-bond donors (Lipinski definition) is 1. The van der Waals surface area contributed by atoms with Crippen molar-refractivity contribution in [3.8, 4) is 0 Å². The zero-order chi connectivity index (χ0) is 20.7. The molecule has 7 heteroatoms. The van der Waals surface area contributed by atoms with Crippen LogP contribution in [0.15, 0.2) is 52.1 Å². The van der Waals surface area contributed by atoms with Crippen molar-refractivity contribution in [1.29, 1.82) is 0 Å². The van der Waals surface area contributed by atoms with Crippen molar-refractivity contribution in [1.82, 2.24) is 19.4 Å². The van der Waals surface area contributed by atoms with Crippen molar-refractivity contribution < 1.29 is 4.79 Å². The van der Waals surface area contributed by atoms with Gasteiger partial charge in [-0.1, -0.05) is 18.2 Å². The van der Waals surface area contributed by atoms with Crippen LogP contribution < -0.4 is 11.1 Å². The van der Waals surface area contributed by atoms with Crippen LogP contribution in [0.3, 0.4) is 0 Å². The van der Waals surface area contributed by atoms with E-state index in [9.17, 15) is 14.4 Å². The Hall–Kier alpha value is -3.22. The number of amides is 1. The molecule has 1 saturated heterocycles. The van der Waals surface area contributed by atoms with Crippen LogP contribution in [0.4, 0.5) is 0 Å². The van der Waals surface area contributed by atoms with Crippen LogP contribution in [0.1, 0.15) is 36.7 Å². The molecule has 2 aliphatic heterocycles. The number of fused-ring (bicyclic) bond motifs is 5. The van der Waals surface area contributed by atoms with E-state index in [4.69, 9.17) is 0 Å². The molecule has 2 unspecified atom stereocenters. The largest absolute Gasteiger partial charge is 0.342 e. The monoisotopic (exact) mass is 404 g/mol. The Labute approximate surface area is 173 Å². The maximum atomic E-state index is 12.8. The lowest BCUT2D eigenvalue weighted by Gasteiger charge is -2.42. The molecule has 2 aromatic heterocycles. The van der Waals surface area contributed by atoms with Crippen molar-refractivity contribution in [2.24, 2.45) is 5.92 Å². The minimum Gasteiger partial charge on any atom is -0.342 e. The zero-order valence-electron chi connectivity index (χ0n) is 16.7. The van der Waals surface area contributed by atoms with Gasteiger partial charge in [0.05, 0.1) is 10.9 Å². The Morgan fingerprint density at radius 2 is 1.93 bits per heavy atom. The Morgan fingerprint density at radius 3 is 2.83 bits per heavy atom. The lowest BCUT2D eigenvalue weighted by Crippen LogP contribution is -2.49. The number of rotatable bonds is 4. The molecule has 2 atom stereocenters. The third kappa shape index (κ3) is 3.44. The highest BCUT2D eigenvalue weighted by Gasteiger charge is 2.35. The molecule has 1 fully saturated rings. The number of H-pyrrole nitrogens is 1. The smallest absolute Gasteiger partial charge is 0.258 e. The highest BCUT2D eigenvalue weighted by Crippen LogP contribution is 2.35. The summed E-state index contributed by atoms with van der Waals surface area (Å²) in [5.41, 5.74) is 1.65. The van der Waals surface area contributed by atoms with Crippen LogP contribution in [-0.2, 0) is 17.8 Å². The van der Waals surface area contributed by atoms with Gasteiger partial charge in [0.2, 0.25) is 5.91 Å². The quantitative estimate of drug-likeness (QED) is 0.721. The molecule has 2 aliphatic rings. The highest BCUT2D eigenvalue weighted by atomic mass is 16.2. The summed E-state index contributed by atoms with van der Waals surface area (Å²) in [6.45, 7) is 2.07. The third-order valence-corrected chi connectivity index (χ3v) is 6.30. The summed E-state index contributed by atoms with van der Waals surface area (Å²) < 4.78 is 1.88. The summed E-state index contributed by atoms with van der Waals surface area (Å²) >= 11 is 0. The number of nitrogens with zero attached hydrogens (tertiary/aromatic N) is 3. The number of carbonyl (C=O) groups excluding carboxylic acids is 1. The Bertz CT molecular complexity index is 1230. The van der Waals surface area contributed by atoms with Crippen LogP contribution in [0.2, 0.25) is 0 Å². The highest BCUT2D eigenvalue weighted by molar-refractivity contribution is 5.77. The van der Waals surface area contributed by atoms with E-state index < -0.39 is 0 Å². The lowest BCUT2D eigenvalue weighted by molar-refractivity contribution is -0.134. The van der Waals surface area contributed by atoms with E-state index in [0.717, 1.165) is 12.1 Å². The summed E-state index contributed by atoms with van der Waals surface area (Å²) in [6, 6.07) is 12.7. The maximum absolute atomic E-state index is 12.8. The van der Waals surface area contributed by atoms with E-state index in [-0.39, 0.29) is 22.9 Å². The van der Waals surface area contributed by atoms with Gasteiger partial charge in [-0.3, -0.25) is 14.4 Å². The van der Waals surface area contributed by atoms with Gasteiger partial charge >= 0.3 is 0 Å². The first kappa shape index (κ1) is 18.8. The second kappa shape index (κ2) is 7.55. The fourth-order valence-corrected chi connectivity index (χ4v) is 4.92. The molecule has 154 valence electrons. The summed E-state index contributed by atoms with van der Waals surface area (Å²) in [6.07, 6.45) is 2.67. The summed E-state index contributed by atoms with van der Waals surface area (Å²) in [5, 5.41) is 0.580. The summed E-state index contributed by atoms with van der Waals surface area (Å²) in [7, 11) is 0. The first-order chi connectivity index (χ1) is 14.6. The Balaban J connectivity index is 1.23. The van der Waals surface area contributed by atoms with Gasteiger partial charge < -0.3 is 14.5 Å². The first-order valence-electron chi connectivity index (χ1n) is 10.5. The molecule has 3 aromatic rings. The molecule has 0 radical (unpaired) electrons. The number of aromatic nitrogens is 3. The SMILES string of the molecule is O=C(CCCc1nc2ccccc2c(=O)[nH]1)N1CC2CC(C1)c1cccc(=O)n1C2. The van der Waals surface area contributed by atoms with Crippen molar-refractivity contribution in [3.05, 3.63) is 74.7 Å². The lowest BCUT2D eigenvalue weighted by atomic mass is 9.83. The topological polar surface area (TPSA) is 88.1 Å². The van der Waals surface area contributed by atoms with Crippen LogP contribution in [0.5, 0.6) is 0 Å². The summed E-state index contributed by atoms with van der Waals surface area (Å²) in [5.74, 6) is 1.32. The molecule has 0 aliphatic carbocycles. The molecule has 0 saturated carbocycles. The number of likely N-dealkylation sites (tertiary alicyclic amines) is 1. The van der Waals surface area contributed by atoms with E-state index >= 15 is 0 Å². The number of carbonyl (C=O) groups is 1. The molecule has 30 heavy (non-hydrogen) atoms. The van der Waals surface area contributed by atoms with Gasteiger partial charge in [0, 0.05) is 50.2 Å². The Kier molecular flexibility index (Phi) is 4.73. The average Bonchev–Trinajstić information content (AvgIpc) is 2.74. The molecule has 2 bridgehead atoms. The predicted octanol–water partition coefficient (Wildman–Crippen LogP) is 2.05. The number of benzene rings is 1. The fraction of sp³-hybridized carbons (Fsp3) is 0.391. The number of hydrogen-bond acceptors (Lipinski definition) is 4. The van der Waals surface area contributed by atoms with Crippen molar-refractivity contribution in [2.45, 2.75) is 38.1 Å². The molecule has 1 aromatic carbocycles. The fourth-order valence-electron chi connectivity index (χ4n) is 4.92. The minimum absolute atomic E-state index is 0.0545. The standard InChI is InChI=1S/C23H24N4O3/c28-21(9-4-8-20-24-18-6-2-1-5-17(18)23(30)25-20)26-12-15-11-16(14-26)19-7-3-10-22(29)27(19)13-15/h1-3,5-7,10,15-16H,4,8-9,11-14H2,(H,24,25,30). The van der Waals surface area contributed by atoms with E-state index in [0.29, 0.717) is 61.5 Å². The van der Waals surface area contributed by atoms with Gasteiger partial charge in [-0.05, 0) is 37.0 Å². The Morgan fingerprint density at radius 1 is 1.07 bits per heavy atom. The minimum atomic E-state index is -0.139. The number of aryl methyl sites for hydroxylation is 1. The van der Waals surface area contributed by atoms with Crippen molar-refractivity contribution in [3.63, 3.8) is 0 Å². The van der Waals surface area contributed by atoms with Crippen molar-refractivity contribution in [2.75, 3.05) is 13.1 Å². The van der Waals surface area contributed by atoms with Gasteiger partial charge in [-0.25, -0.2) is 4.98 Å². The van der Waals surface area contributed by atoms with Crippen LogP contribution in [0.25, 0.3) is 10.9 Å². The normalized spacial score (nSPS) is 20.2. The number of para-hydroxylation sites is 1. The van der Waals surface area contributed by atoms with Gasteiger partial charge in [-0.2, -0.15) is 0 Å². The van der Waals surface area contributed by atoms with Gasteiger partial charge in [-0.15, -0.1) is 0 Å². The van der Waals surface area contributed by atoms with Crippen LogP contribution >= 0.6 is 0 Å². The molecule has 0 spiro atoms. The first-order valence-corrected chi connectivity index (χ1v) is 10.5. The van der Waals surface area contributed by atoms with E-state index in [1.165, 1.54) is 0 Å². The number of pyridine rings is 1.